The molecule has 0 aliphatic carbocycles. The zero-order chi connectivity index (χ0) is 17.7. The molecule has 2 aliphatic heterocycles. The number of hydrogen-bond acceptors (Lipinski definition) is 4. The predicted molar refractivity (Wildman–Crippen MR) is 98.8 cm³/mol. The molecule has 0 atom stereocenters. The fourth-order valence-electron chi connectivity index (χ4n) is 3.75. The maximum absolute atomic E-state index is 14.6. The molecule has 1 saturated heterocycles. The minimum atomic E-state index is -0.298. The summed E-state index contributed by atoms with van der Waals surface area (Å²) in [6.07, 6.45) is 6.57. The fourth-order valence-corrected chi connectivity index (χ4v) is 3.75. The highest BCUT2D eigenvalue weighted by Crippen LogP contribution is 2.36. The molecule has 0 amide bonds. The quantitative estimate of drug-likeness (QED) is 0.759. The van der Waals surface area contributed by atoms with Crippen LogP contribution in [0.1, 0.15) is 29.8 Å². The zero-order valence-electron chi connectivity index (χ0n) is 14.6. The third-order valence-electron chi connectivity index (χ3n) is 5.04. The average molecular weight is 350 g/mol. The maximum atomic E-state index is 14.6. The van der Waals surface area contributed by atoms with Crippen molar-refractivity contribution in [2.75, 3.05) is 18.0 Å². The highest BCUT2D eigenvalue weighted by molar-refractivity contribution is 5.86. The topological polar surface area (TPSA) is 54.0 Å². The molecule has 0 saturated carbocycles. The summed E-state index contributed by atoms with van der Waals surface area (Å²) in [5.74, 6) is 2.36. The molecule has 132 valence electrons. The third kappa shape index (κ3) is 2.44. The van der Waals surface area contributed by atoms with Crippen molar-refractivity contribution in [3.8, 4) is 5.75 Å². The van der Waals surface area contributed by atoms with Gasteiger partial charge in [-0.05, 0) is 44.4 Å². The summed E-state index contributed by atoms with van der Waals surface area (Å²) in [6.45, 7) is 3.65. The number of aromatic nitrogens is 3. The van der Waals surface area contributed by atoms with E-state index in [2.05, 4.69) is 15.0 Å². The van der Waals surface area contributed by atoms with Gasteiger partial charge in [0.05, 0.1) is 5.52 Å². The van der Waals surface area contributed by atoms with Gasteiger partial charge in [0, 0.05) is 30.4 Å². The molecule has 1 fully saturated rings. The van der Waals surface area contributed by atoms with Crippen LogP contribution >= 0.6 is 0 Å². The normalized spacial score (nSPS) is 16.5. The van der Waals surface area contributed by atoms with Crippen molar-refractivity contribution in [2.24, 2.45) is 0 Å². The first kappa shape index (κ1) is 15.4. The highest BCUT2D eigenvalue weighted by atomic mass is 19.1. The van der Waals surface area contributed by atoms with E-state index >= 15 is 0 Å². The lowest BCUT2D eigenvalue weighted by Crippen LogP contribution is -2.20. The Hall–Kier alpha value is -2.89. The summed E-state index contributed by atoms with van der Waals surface area (Å²) in [7, 11) is 0. The monoisotopic (exact) mass is 350 g/mol. The van der Waals surface area contributed by atoms with Crippen LogP contribution in [0.2, 0.25) is 0 Å². The summed E-state index contributed by atoms with van der Waals surface area (Å²) in [5.41, 5.74) is 3.49. The molecule has 1 aromatic carbocycles. The van der Waals surface area contributed by atoms with E-state index in [1.54, 1.807) is 6.20 Å². The molecular formula is C20H19FN4O. The van der Waals surface area contributed by atoms with Crippen LogP contribution in [0.25, 0.3) is 16.8 Å². The summed E-state index contributed by atoms with van der Waals surface area (Å²) in [4.78, 5) is 14.1. The number of aryl methyl sites for hydroxylation is 1. The van der Waals surface area contributed by atoms with E-state index in [4.69, 9.17) is 4.74 Å². The van der Waals surface area contributed by atoms with Crippen LogP contribution in [0.5, 0.6) is 5.75 Å². The van der Waals surface area contributed by atoms with Crippen LogP contribution in [-0.4, -0.2) is 28.0 Å². The van der Waals surface area contributed by atoms with Gasteiger partial charge in [-0.3, -0.25) is 0 Å². The molecule has 0 unspecified atom stereocenters. The van der Waals surface area contributed by atoms with Crippen molar-refractivity contribution >= 4 is 22.6 Å². The van der Waals surface area contributed by atoms with E-state index in [0.29, 0.717) is 17.1 Å². The van der Waals surface area contributed by atoms with Gasteiger partial charge in [-0.25, -0.2) is 14.4 Å². The largest absolute Gasteiger partial charge is 0.454 e. The number of imidazole rings is 1. The molecule has 5 rings (SSSR count). The molecule has 1 N–H and O–H groups in total. The first-order chi connectivity index (χ1) is 12.7. The highest BCUT2D eigenvalue weighted by Gasteiger charge is 2.22. The summed E-state index contributed by atoms with van der Waals surface area (Å²) >= 11 is 0. The zero-order valence-corrected chi connectivity index (χ0v) is 14.6. The first-order valence-corrected chi connectivity index (χ1v) is 8.96. The maximum Gasteiger partial charge on any atom is 0.166 e. The van der Waals surface area contributed by atoms with Gasteiger partial charge in [-0.2, -0.15) is 0 Å². The van der Waals surface area contributed by atoms with Crippen LogP contribution in [0.4, 0.5) is 10.2 Å². The van der Waals surface area contributed by atoms with Crippen LogP contribution in [0, 0.1) is 12.7 Å². The molecule has 4 heterocycles. The first-order valence-electron chi connectivity index (χ1n) is 8.96. The van der Waals surface area contributed by atoms with E-state index in [0.717, 1.165) is 60.5 Å². The molecule has 2 aliphatic rings. The van der Waals surface area contributed by atoms with E-state index in [1.807, 2.05) is 30.0 Å². The van der Waals surface area contributed by atoms with Crippen molar-refractivity contribution in [2.45, 2.75) is 26.2 Å². The molecular weight excluding hydrogens is 331 g/mol. The molecule has 5 nitrogen and oxygen atoms in total. The lowest BCUT2D eigenvalue weighted by molar-refractivity contribution is 0.502. The van der Waals surface area contributed by atoms with Crippen molar-refractivity contribution < 1.29 is 9.13 Å². The van der Waals surface area contributed by atoms with Crippen LogP contribution < -0.4 is 9.64 Å². The molecule has 0 bridgehead atoms. The number of halogens is 1. The number of aromatic amines is 1. The van der Waals surface area contributed by atoms with Crippen LogP contribution in [0.15, 0.2) is 30.5 Å². The lowest BCUT2D eigenvalue weighted by atomic mass is 10.0. The standard InChI is InChI=1S/C20H19FN4O/c1-12-23-16-6-4-13-5-7-17(26-19(13)18(16)24-12)14-10-15(21)20(22-11-14)25-8-2-3-9-25/h4,6-7,10-11H,2-3,5,8-9H2,1H3,(H,23,24). The SMILES string of the molecule is Cc1nc2c3c(ccc2[nH]1)CC=C(c1cnc(N2CCCC2)c(F)c1)O3. The minimum absolute atomic E-state index is 0.298. The smallest absolute Gasteiger partial charge is 0.166 e. The van der Waals surface area contributed by atoms with Crippen molar-refractivity contribution in [3.05, 3.63) is 53.2 Å². The Morgan fingerprint density at radius 2 is 2.08 bits per heavy atom. The Balaban J connectivity index is 1.49. The van der Waals surface area contributed by atoms with E-state index in [9.17, 15) is 4.39 Å². The van der Waals surface area contributed by atoms with Gasteiger partial charge in [-0.1, -0.05) is 6.07 Å². The number of hydrogen-bond donors (Lipinski definition) is 1. The molecule has 26 heavy (non-hydrogen) atoms. The Bertz CT molecular complexity index is 1030. The number of nitrogens with zero attached hydrogens (tertiary/aromatic N) is 3. The Kier molecular flexibility index (Phi) is 3.45. The number of fused-ring (bicyclic) bond motifs is 3. The van der Waals surface area contributed by atoms with Gasteiger partial charge in [0.25, 0.3) is 0 Å². The number of ether oxygens (including phenoxy) is 1. The number of rotatable bonds is 2. The summed E-state index contributed by atoms with van der Waals surface area (Å²) in [5, 5.41) is 0. The number of allylic oxidation sites excluding steroid dienone is 1. The second-order valence-corrected chi connectivity index (χ2v) is 6.87. The lowest BCUT2D eigenvalue weighted by Gasteiger charge is -2.20. The van der Waals surface area contributed by atoms with E-state index in [-0.39, 0.29) is 5.82 Å². The molecule has 2 aromatic heterocycles. The number of pyridine rings is 1. The Morgan fingerprint density at radius 3 is 2.88 bits per heavy atom. The fraction of sp³-hybridized carbons (Fsp3) is 0.300. The third-order valence-corrected chi connectivity index (χ3v) is 5.04. The van der Waals surface area contributed by atoms with Crippen molar-refractivity contribution in [3.63, 3.8) is 0 Å². The minimum Gasteiger partial charge on any atom is -0.454 e. The van der Waals surface area contributed by atoms with Gasteiger partial charge < -0.3 is 14.6 Å². The van der Waals surface area contributed by atoms with Gasteiger partial charge >= 0.3 is 0 Å². The number of H-pyrrole nitrogens is 1. The number of benzene rings is 1. The van der Waals surface area contributed by atoms with Crippen molar-refractivity contribution in [1.82, 2.24) is 15.0 Å². The Morgan fingerprint density at radius 1 is 1.23 bits per heavy atom. The summed E-state index contributed by atoms with van der Waals surface area (Å²) < 4.78 is 20.7. The van der Waals surface area contributed by atoms with Crippen LogP contribution in [0.3, 0.4) is 0 Å². The molecule has 3 aromatic rings. The van der Waals surface area contributed by atoms with E-state index < -0.39 is 0 Å². The van der Waals surface area contributed by atoms with Gasteiger partial charge in [0.2, 0.25) is 0 Å². The second-order valence-electron chi connectivity index (χ2n) is 6.87. The molecule has 6 heteroatoms. The average Bonchev–Trinajstić information content (AvgIpc) is 3.30. The number of nitrogens with one attached hydrogen (secondary N) is 1. The van der Waals surface area contributed by atoms with Gasteiger partial charge in [0.15, 0.2) is 17.4 Å². The Labute approximate surface area is 150 Å². The molecule has 0 radical (unpaired) electrons. The predicted octanol–water partition coefficient (Wildman–Crippen LogP) is 3.98. The summed E-state index contributed by atoms with van der Waals surface area (Å²) in [6, 6.07) is 5.58. The second kappa shape index (κ2) is 5.83. The van der Waals surface area contributed by atoms with Crippen molar-refractivity contribution in [1.29, 1.82) is 0 Å². The number of anilines is 1. The van der Waals surface area contributed by atoms with E-state index in [1.165, 1.54) is 6.07 Å². The van der Waals surface area contributed by atoms with Gasteiger partial charge in [0.1, 0.15) is 17.1 Å². The van der Waals surface area contributed by atoms with Gasteiger partial charge in [-0.15, -0.1) is 0 Å². The van der Waals surface area contributed by atoms with Crippen LogP contribution in [-0.2, 0) is 6.42 Å². The molecule has 0 spiro atoms.